The molecule has 0 amide bonds. The molecule has 0 radical (unpaired) electrons. The largest absolute Gasteiger partial charge is 0.324 e. The van der Waals surface area contributed by atoms with Gasteiger partial charge in [-0.25, -0.2) is 15.0 Å². The van der Waals surface area contributed by atoms with Crippen LogP contribution in [0, 0.1) is 6.92 Å². The van der Waals surface area contributed by atoms with E-state index in [0.717, 1.165) is 28.3 Å². The molecule has 5 rings (SSSR count). The zero-order valence-corrected chi connectivity index (χ0v) is 16.9. The molecule has 6 heteroatoms. The minimum atomic E-state index is -0.00240. The van der Waals surface area contributed by atoms with Crippen LogP contribution in [0.15, 0.2) is 91.4 Å². The van der Waals surface area contributed by atoms with Gasteiger partial charge in [-0.3, -0.25) is 9.20 Å². The van der Waals surface area contributed by atoms with Gasteiger partial charge < -0.3 is 5.32 Å². The van der Waals surface area contributed by atoms with Crippen molar-refractivity contribution in [1.82, 2.24) is 19.4 Å². The molecule has 0 atom stereocenters. The van der Waals surface area contributed by atoms with E-state index < -0.39 is 0 Å². The van der Waals surface area contributed by atoms with Crippen molar-refractivity contribution in [2.75, 3.05) is 5.32 Å². The minimum Gasteiger partial charge on any atom is -0.324 e. The number of benzene rings is 2. The van der Waals surface area contributed by atoms with E-state index in [0.29, 0.717) is 17.1 Å². The standard InChI is InChI=1S/C25H19N5O/c1-17-5-7-18(8-6-17)24(31)19-9-11-20(12-10-19)28-25-26-14-13-21(29-25)22-16-27-23-4-2-3-15-30(22)23/h2-16H,1H3,(H,26,28,29). The third-order valence-corrected chi connectivity index (χ3v) is 5.05. The summed E-state index contributed by atoms with van der Waals surface area (Å²) in [5.41, 5.74) is 5.75. The molecule has 0 aliphatic carbocycles. The fourth-order valence-corrected chi connectivity index (χ4v) is 3.39. The Morgan fingerprint density at radius 2 is 1.61 bits per heavy atom. The summed E-state index contributed by atoms with van der Waals surface area (Å²) >= 11 is 0. The number of fused-ring (bicyclic) bond motifs is 1. The van der Waals surface area contributed by atoms with Gasteiger partial charge in [-0.05, 0) is 49.4 Å². The summed E-state index contributed by atoms with van der Waals surface area (Å²) in [6.45, 7) is 2.00. The van der Waals surface area contributed by atoms with E-state index in [9.17, 15) is 4.79 Å². The predicted octanol–water partition coefficient (Wildman–Crippen LogP) is 5.07. The molecule has 3 aromatic heterocycles. The van der Waals surface area contributed by atoms with E-state index in [-0.39, 0.29) is 5.78 Å². The maximum Gasteiger partial charge on any atom is 0.227 e. The summed E-state index contributed by atoms with van der Waals surface area (Å²) in [6.07, 6.45) is 5.46. The van der Waals surface area contributed by atoms with Crippen LogP contribution in [0.4, 0.5) is 11.6 Å². The van der Waals surface area contributed by atoms with Crippen LogP contribution in [0.25, 0.3) is 17.0 Å². The number of nitrogens with one attached hydrogen (secondary N) is 1. The van der Waals surface area contributed by atoms with E-state index in [2.05, 4.69) is 20.3 Å². The molecule has 0 bridgehead atoms. The molecule has 0 saturated carbocycles. The molecule has 0 fully saturated rings. The third kappa shape index (κ3) is 3.79. The minimum absolute atomic E-state index is 0.00240. The molecule has 5 aromatic rings. The van der Waals surface area contributed by atoms with Gasteiger partial charge in [0.25, 0.3) is 0 Å². The molecule has 2 aromatic carbocycles. The van der Waals surface area contributed by atoms with Gasteiger partial charge in [0.1, 0.15) is 5.65 Å². The van der Waals surface area contributed by atoms with Gasteiger partial charge >= 0.3 is 0 Å². The van der Waals surface area contributed by atoms with Crippen LogP contribution >= 0.6 is 0 Å². The van der Waals surface area contributed by atoms with Crippen LogP contribution in [-0.4, -0.2) is 25.1 Å². The zero-order chi connectivity index (χ0) is 21.2. The number of nitrogens with zero attached hydrogens (tertiary/aromatic N) is 4. The van der Waals surface area contributed by atoms with Crippen molar-refractivity contribution in [2.24, 2.45) is 0 Å². The van der Waals surface area contributed by atoms with Gasteiger partial charge in [0.05, 0.1) is 17.6 Å². The monoisotopic (exact) mass is 405 g/mol. The van der Waals surface area contributed by atoms with E-state index >= 15 is 0 Å². The van der Waals surface area contributed by atoms with Gasteiger partial charge in [0, 0.05) is 29.2 Å². The van der Waals surface area contributed by atoms with Gasteiger partial charge in [-0.2, -0.15) is 0 Å². The number of pyridine rings is 1. The molecule has 31 heavy (non-hydrogen) atoms. The molecule has 0 aliphatic rings. The molecule has 0 saturated heterocycles. The van der Waals surface area contributed by atoms with Crippen molar-refractivity contribution in [1.29, 1.82) is 0 Å². The highest BCUT2D eigenvalue weighted by molar-refractivity contribution is 6.09. The second-order valence-corrected chi connectivity index (χ2v) is 7.24. The molecule has 0 aliphatic heterocycles. The smallest absolute Gasteiger partial charge is 0.227 e. The topological polar surface area (TPSA) is 72.2 Å². The lowest BCUT2D eigenvalue weighted by molar-refractivity contribution is 0.103. The number of hydrogen-bond donors (Lipinski definition) is 1. The van der Waals surface area contributed by atoms with Crippen molar-refractivity contribution >= 4 is 23.1 Å². The van der Waals surface area contributed by atoms with Gasteiger partial charge in [-0.1, -0.05) is 35.9 Å². The first-order valence-corrected chi connectivity index (χ1v) is 9.91. The first kappa shape index (κ1) is 18.7. The van der Waals surface area contributed by atoms with Crippen molar-refractivity contribution in [2.45, 2.75) is 6.92 Å². The lowest BCUT2D eigenvalue weighted by Crippen LogP contribution is -2.02. The Balaban J connectivity index is 1.36. The predicted molar refractivity (Wildman–Crippen MR) is 121 cm³/mol. The Labute approximate surface area is 179 Å². The summed E-state index contributed by atoms with van der Waals surface area (Å²) in [5, 5.41) is 3.20. The average molecular weight is 405 g/mol. The van der Waals surface area contributed by atoms with Crippen molar-refractivity contribution in [3.63, 3.8) is 0 Å². The van der Waals surface area contributed by atoms with Gasteiger partial charge in [0.15, 0.2) is 5.78 Å². The maximum absolute atomic E-state index is 12.7. The lowest BCUT2D eigenvalue weighted by Gasteiger charge is -2.08. The van der Waals surface area contributed by atoms with Gasteiger partial charge in [-0.15, -0.1) is 0 Å². The normalized spacial score (nSPS) is 10.9. The van der Waals surface area contributed by atoms with E-state index in [1.54, 1.807) is 24.5 Å². The summed E-state index contributed by atoms with van der Waals surface area (Å²) in [7, 11) is 0. The van der Waals surface area contributed by atoms with Crippen LogP contribution < -0.4 is 5.32 Å². The Bertz CT molecular complexity index is 1370. The number of imidazole rings is 1. The number of hydrogen-bond acceptors (Lipinski definition) is 5. The third-order valence-electron chi connectivity index (χ3n) is 5.05. The molecule has 150 valence electrons. The Kier molecular flexibility index (Phi) is 4.72. The van der Waals surface area contributed by atoms with Crippen LogP contribution in [-0.2, 0) is 0 Å². The highest BCUT2D eigenvalue weighted by Crippen LogP contribution is 2.21. The second-order valence-electron chi connectivity index (χ2n) is 7.24. The number of carbonyl (C=O) groups excluding carboxylic acids is 1. The summed E-state index contributed by atoms with van der Waals surface area (Å²) in [4.78, 5) is 26.0. The maximum atomic E-state index is 12.7. The van der Waals surface area contributed by atoms with Crippen LogP contribution in [0.1, 0.15) is 21.5 Å². The van der Waals surface area contributed by atoms with Crippen molar-refractivity contribution in [3.05, 3.63) is 108 Å². The summed E-state index contributed by atoms with van der Waals surface area (Å²) in [5.74, 6) is 0.471. The highest BCUT2D eigenvalue weighted by Gasteiger charge is 2.10. The van der Waals surface area contributed by atoms with Crippen LogP contribution in [0.3, 0.4) is 0 Å². The molecule has 1 N–H and O–H groups in total. The summed E-state index contributed by atoms with van der Waals surface area (Å²) in [6, 6.07) is 22.6. The fraction of sp³-hybridized carbons (Fsp3) is 0.0400. The number of carbonyl (C=O) groups is 1. The quantitative estimate of drug-likeness (QED) is 0.413. The number of ketones is 1. The second kappa shape index (κ2) is 7.84. The average Bonchev–Trinajstić information content (AvgIpc) is 3.24. The molecule has 0 unspecified atom stereocenters. The molecule has 0 spiro atoms. The molecular formula is C25H19N5O. The SMILES string of the molecule is Cc1ccc(C(=O)c2ccc(Nc3nccc(-c4cnc5ccccn45)n3)cc2)cc1. The zero-order valence-electron chi connectivity index (χ0n) is 16.9. The number of anilines is 2. The molecule has 6 nitrogen and oxygen atoms in total. The number of aryl methyl sites for hydroxylation is 1. The first-order valence-electron chi connectivity index (χ1n) is 9.91. The van der Waals surface area contributed by atoms with Crippen molar-refractivity contribution in [3.8, 4) is 11.4 Å². The number of aromatic nitrogens is 4. The van der Waals surface area contributed by atoms with E-state index in [4.69, 9.17) is 0 Å². The highest BCUT2D eigenvalue weighted by atomic mass is 16.1. The fourth-order valence-electron chi connectivity index (χ4n) is 3.39. The van der Waals surface area contributed by atoms with Crippen LogP contribution in [0.2, 0.25) is 0 Å². The van der Waals surface area contributed by atoms with Gasteiger partial charge in [0.2, 0.25) is 5.95 Å². The van der Waals surface area contributed by atoms with E-state index in [1.165, 1.54) is 0 Å². The first-order chi connectivity index (χ1) is 15.2. The summed E-state index contributed by atoms with van der Waals surface area (Å²) < 4.78 is 1.98. The Morgan fingerprint density at radius 1 is 0.871 bits per heavy atom. The van der Waals surface area contributed by atoms with Crippen LogP contribution in [0.5, 0.6) is 0 Å². The number of rotatable bonds is 5. The van der Waals surface area contributed by atoms with Crippen molar-refractivity contribution < 1.29 is 4.79 Å². The Morgan fingerprint density at radius 3 is 2.39 bits per heavy atom. The molecular weight excluding hydrogens is 386 g/mol. The molecule has 3 heterocycles. The van der Waals surface area contributed by atoms with E-state index in [1.807, 2.05) is 78.2 Å². The lowest BCUT2D eigenvalue weighted by atomic mass is 10.0. The Hall–Kier alpha value is -4.32.